The topological polar surface area (TPSA) is 27.7 Å². The van der Waals surface area contributed by atoms with Crippen molar-refractivity contribution in [2.45, 2.75) is 26.7 Å². The quantitative estimate of drug-likeness (QED) is 0.755. The van der Waals surface area contributed by atoms with Gasteiger partial charge >= 0.3 is 105 Å². The van der Waals surface area contributed by atoms with Crippen LogP contribution in [0, 0.1) is 5.92 Å². The Bertz CT molecular complexity index is 282. The second kappa shape index (κ2) is 6.25. The van der Waals surface area contributed by atoms with E-state index >= 15 is 0 Å². The first-order valence-corrected chi connectivity index (χ1v) is 9.88. The first kappa shape index (κ1) is 14.3. The molecule has 92 valence electrons. The second-order valence-corrected chi connectivity index (χ2v) is 11.6. The van der Waals surface area contributed by atoms with Gasteiger partial charge in [0.15, 0.2) is 0 Å². The molecule has 0 unspecified atom stereocenters. The number of allylic oxidation sites excluding steroid dienone is 4. The van der Waals surface area contributed by atoms with E-state index in [-0.39, 0.29) is 0 Å². The molecule has 0 aromatic rings. The summed E-state index contributed by atoms with van der Waals surface area (Å²) in [6, 6.07) is 0. The van der Waals surface area contributed by atoms with Gasteiger partial charge in [0.25, 0.3) is 0 Å². The van der Waals surface area contributed by atoms with Gasteiger partial charge in [0.1, 0.15) is 0 Å². The molecule has 0 amide bonds. The number of hydrogen-bond donors (Lipinski definition) is 0. The van der Waals surface area contributed by atoms with Crippen LogP contribution in [0.15, 0.2) is 21.0 Å². The van der Waals surface area contributed by atoms with Crippen molar-refractivity contribution >= 4 is 0 Å². The summed E-state index contributed by atoms with van der Waals surface area (Å²) in [5.41, 5.74) is 1.36. The Morgan fingerprint density at radius 1 is 1.19 bits per heavy atom. The molecule has 0 saturated carbocycles. The molecule has 0 aromatic carbocycles. The maximum absolute atomic E-state index is 5.60. The third kappa shape index (κ3) is 2.92. The van der Waals surface area contributed by atoms with Crippen LogP contribution in [0.25, 0.3) is 0 Å². The van der Waals surface area contributed by atoms with Crippen LogP contribution in [0.2, 0.25) is 0 Å². The van der Waals surface area contributed by atoms with Crippen LogP contribution >= 0.6 is 0 Å². The summed E-state index contributed by atoms with van der Waals surface area (Å²) in [6.45, 7) is 4.45. The van der Waals surface area contributed by atoms with Crippen LogP contribution in [-0.4, -0.2) is 21.3 Å². The van der Waals surface area contributed by atoms with Gasteiger partial charge in [0, 0.05) is 0 Å². The fourth-order valence-electron chi connectivity index (χ4n) is 2.12. The van der Waals surface area contributed by atoms with Crippen LogP contribution in [0.4, 0.5) is 0 Å². The Kier molecular flexibility index (Phi) is 5.59. The van der Waals surface area contributed by atoms with Gasteiger partial charge in [-0.1, -0.05) is 0 Å². The van der Waals surface area contributed by atoms with E-state index in [1.807, 2.05) is 0 Å². The third-order valence-electron chi connectivity index (χ3n) is 2.83. The molecule has 0 aromatic heterocycles. The van der Waals surface area contributed by atoms with Crippen LogP contribution in [-0.2, 0) is 30.0 Å². The normalized spacial score (nSPS) is 16.6. The molecule has 0 radical (unpaired) electrons. The standard InChI is InChI=1S/C9H13.3CH3O.Zr/c1-8(2)7-9-5-3-4-6-9;3*1-2;/h3,5,8H,4,7H2,1-2H3;3*1H3;/q;3*-1;+3. The Morgan fingerprint density at radius 2 is 1.75 bits per heavy atom. The number of rotatable bonds is 6. The minimum absolute atomic E-state index is 0.641. The zero-order chi connectivity index (χ0) is 12.2. The van der Waals surface area contributed by atoms with Crippen molar-refractivity contribution in [1.29, 1.82) is 0 Å². The molecule has 4 heteroatoms. The molecule has 0 N–H and O–H groups in total. The SMILES string of the molecule is C[O][Zr]([O]C)([O]C)[C]1=C(CC(C)C)C=CC1. The molecule has 0 spiro atoms. The van der Waals surface area contributed by atoms with Crippen molar-refractivity contribution in [2.24, 2.45) is 5.92 Å². The molecule has 16 heavy (non-hydrogen) atoms. The molecule has 1 rings (SSSR count). The van der Waals surface area contributed by atoms with E-state index in [1.54, 1.807) is 21.3 Å². The molecule has 0 heterocycles. The fraction of sp³-hybridized carbons (Fsp3) is 0.667. The molecule has 0 aliphatic heterocycles. The Balaban J connectivity index is 2.99. The predicted molar refractivity (Wildman–Crippen MR) is 61.3 cm³/mol. The van der Waals surface area contributed by atoms with Gasteiger partial charge < -0.3 is 0 Å². The van der Waals surface area contributed by atoms with Crippen LogP contribution in [0.1, 0.15) is 26.7 Å². The monoisotopic (exact) mass is 304 g/mol. The van der Waals surface area contributed by atoms with Crippen molar-refractivity contribution in [3.8, 4) is 0 Å². The molecule has 0 atom stereocenters. The van der Waals surface area contributed by atoms with Gasteiger partial charge in [-0.05, 0) is 0 Å². The molecular weight excluding hydrogens is 283 g/mol. The van der Waals surface area contributed by atoms with Crippen molar-refractivity contribution in [1.82, 2.24) is 0 Å². The molecule has 0 fully saturated rings. The van der Waals surface area contributed by atoms with Gasteiger partial charge in [-0.3, -0.25) is 0 Å². The van der Waals surface area contributed by atoms with E-state index < -0.39 is 21.6 Å². The predicted octanol–water partition coefficient (Wildman–Crippen LogP) is 3.08. The summed E-state index contributed by atoms with van der Waals surface area (Å²) < 4.78 is 18.1. The molecule has 0 bridgehead atoms. The van der Waals surface area contributed by atoms with Crippen molar-refractivity contribution in [3.63, 3.8) is 0 Å². The zero-order valence-electron chi connectivity index (χ0n) is 10.9. The summed E-state index contributed by atoms with van der Waals surface area (Å²) in [4.78, 5) is 0. The fourth-order valence-corrected chi connectivity index (χ4v) is 7.50. The molecular formula is C12H22O3Zr. The summed E-state index contributed by atoms with van der Waals surface area (Å²) in [5, 5.41) is 0. The van der Waals surface area contributed by atoms with E-state index in [4.69, 9.17) is 8.44 Å². The summed E-state index contributed by atoms with van der Waals surface area (Å²) in [7, 11) is 5.09. The average molecular weight is 306 g/mol. The van der Waals surface area contributed by atoms with E-state index in [0.29, 0.717) is 5.92 Å². The maximum atomic E-state index is 5.60. The number of hydrogen-bond acceptors (Lipinski definition) is 3. The molecule has 1 aliphatic carbocycles. The van der Waals surface area contributed by atoms with E-state index in [1.165, 1.54) is 8.85 Å². The van der Waals surface area contributed by atoms with Gasteiger partial charge in [-0.15, -0.1) is 0 Å². The van der Waals surface area contributed by atoms with E-state index in [0.717, 1.165) is 12.8 Å². The van der Waals surface area contributed by atoms with E-state index in [2.05, 4.69) is 26.0 Å². The van der Waals surface area contributed by atoms with Crippen LogP contribution in [0.3, 0.4) is 0 Å². The second-order valence-electron chi connectivity index (χ2n) is 4.38. The summed E-state index contributed by atoms with van der Waals surface area (Å²) in [6.07, 6.45) is 6.36. The minimum atomic E-state index is -3.40. The Hall–Kier alpha value is 0.243. The van der Waals surface area contributed by atoms with Gasteiger partial charge in [-0.2, -0.15) is 0 Å². The summed E-state index contributed by atoms with van der Waals surface area (Å²) in [5.74, 6) is 0.641. The third-order valence-corrected chi connectivity index (χ3v) is 9.90. The Morgan fingerprint density at radius 3 is 2.19 bits per heavy atom. The van der Waals surface area contributed by atoms with Crippen molar-refractivity contribution < 1.29 is 30.0 Å². The first-order valence-electron chi connectivity index (χ1n) is 5.64. The Labute approximate surface area is 105 Å². The molecule has 3 nitrogen and oxygen atoms in total. The summed E-state index contributed by atoms with van der Waals surface area (Å²) >= 11 is -3.40. The van der Waals surface area contributed by atoms with Gasteiger partial charge in [0.2, 0.25) is 0 Å². The van der Waals surface area contributed by atoms with Crippen LogP contribution < -0.4 is 0 Å². The average Bonchev–Trinajstić information content (AvgIpc) is 2.70. The molecule has 0 saturated heterocycles. The van der Waals surface area contributed by atoms with E-state index in [9.17, 15) is 0 Å². The first-order chi connectivity index (χ1) is 7.59. The van der Waals surface area contributed by atoms with Gasteiger partial charge in [-0.25, -0.2) is 0 Å². The van der Waals surface area contributed by atoms with Crippen molar-refractivity contribution in [2.75, 3.05) is 21.3 Å². The zero-order valence-corrected chi connectivity index (χ0v) is 13.3. The molecule has 1 aliphatic rings. The van der Waals surface area contributed by atoms with Crippen molar-refractivity contribution in [3.05, 3.63) is 21.0 Å². The van der Waals surface area contributed by atoms with Gasteiger partial charge in [0.05, 0.1) is 0 Å². The van der Waals surface area contributed by atoms with Crippen LogP contribution in [0.5, 0.6) is 0 Å².